The number of carbonyl (C=O) groups excluding carboxylic acids is 1. The van der Waals surface area contributed by atoms with E-state index in [-0.39, 0.29) is 17.0 Å². The highest BCUT2D eigenvalue weighted by Crippen LogP contribution is 2.32. The van der Waals surface area contributed by atoms with Crippen molar-refractivity contribution < 1.29 is 27.8 Å². The van der Waals surface area contributed by atoms with Crippen LogP contribution in [0.3, 0.4) is 0 Å². The van der Waals surface area contributed by atoms with Crippen LogP contribution in [0.15, 0.2) is 47.6 Å². The lowest BCUT2D eigenvalue weighted by molar-refractivity contribution is -0.137. The summed E-state index contributed by atoms with van der Waals surface area (Å²) in [5.41, 5.74) is 1.53. The van der Waals surface area contributed by atoms with Gasteiger partial charge in [0.15, 0.2) is 0 Å². The van der Waals surface area contributed by atoms with Gasteiger partial charge in [0.05, 0.1) is 18.4 Å². The number of hydrogen-bond acceptors (Lipinski definition) is 4. The first kappa shape index (κ1) is 18.3. The van der Waals surface area contributed by atoms with Crippen LogP contribution in [-0.2, 0) is 6.18 Å². The van der Waals surface area contributed by atoms with E-state index in [9.17, 15) is 23.1 Å². The molecule has 0 atom stereocenters. The number of amides is 1. The van der Waals surface area contributed by atoms with Crippen LogP contribution in [0.5, 0.6) is 11.5 Å². The van der Waals surface area contributed by atoms with Crippen molar-refractivity contribution in [1.82, 2.24) is 5.43 Å². The Labute approximate surface area is 141 Å². The minimum absolute atomic E-state index is 0.0328. The molecule has 1 amide bonds. The fraction of sp³-hybridized carbons (Fsp3) is 0.176. The Morgan fingerprint density at radius 3 is 2.36 bits per heavy atom. The number of methoxy groups -OCH3 is 1. The molecular formula is C17H15F3N2O3. The van der Waals surface area contributed by atoms with Crippen molar-refractivity contribution in [3.05, 3.63) is 59.2 Å². The van der Waals surface area contributed by atoms with Gasteiger partial charge in [-0.25, -0.2) is 5.43 Å². The summed E-state index contributed by atoms with van der Waals surface area (Å²) in [7, 11) is 1.49. The zero-order valence-corrected chi connectivity index (χ0v) is 13.4. The van der Waals surface area contributed by atoms with Crippen LogP contribution < -0.4 is 10.2 Å². The van der Waals surface area contributed by atoms with Gasteiger partial charge < -0.3 is 9.84 Å². The van der Waals surface area contributed by atoms with Gasteiger partial charge in [-0.15, -0.1) is 0 Å². The molecule has 5 nitrogen and oxygen atoms in total. The summed E-state index contributed by atoms with van der Waals surface area (Å²) in [6, 6.07) is 8.67. The number of alkyl halides is 3. The smallest absolute Gasteiger partial charge is 0.416 e. The SMILES string of the molecule is COc1ccc(C(=O)N/N=C(\C)c2cc(C(F)(F)F)ccc2O)cc1. The lowest BCUT2D eigenvalue weighted by Gasteiger charge is -2.10. The third-order valence-electron chi connectivity index (χ3n) is 3.39. The Hall–Kier alpha value is -3.03. The maximum absolute atomic E-state index is 12.8. The molecule has 0 spiro atoms. The van der Waals surface area contributed by atoms with Crippen molar-refractivity contribution >= 4 is 11.6 Å². The number of hydrogen-bond donors (Lipinski definition) is 2. The quantitative estimate of drug-likeness (QED) is 0.653. The molecule has 2 N–H and O–H groups in total. The van der Waals surface area contributed by atoms with E-state index in [2.05, 4.69) is 10.5 Å². The van der Waals surface area contributed by atoms with Crippen LogP contribution in [0.25, 0.3) is 0 Å². The fourth-order valence-corrected chi connectivity index (χ4v) is 2.00. The van der Waals surface area contributed by atoms with E-state index in [0.717, 1.165) is 18.2 Å². The molecule has 2 aromatic carbocycles. The summed E-state index contributed by atoms with van der Waals surface area (Å²) in [6.45, 7) is 1.38. The number of phenols is 1. The van der Waals surface area contributed by atoms with Crippen molar-refractivity contribution in [1.29, 1.82) is 0 Å². The van der Waals surface area contributed by atoms with E-state index in [4.69, 9.17) is 4.74 Å². The van der Waals surface area contributed by atoms with Crippen LogP contribution >= 0.6 is 0 Å². The van der Waals surface area contributed by atoms with Crippen molar-refractivity contribution in [3.8, 4) is 11.5 Å². The van der Waals surface area contributed by atoms with E-state index in [1.165, 1.54) is 26.2 Å². The number of rotatable bonds is 4. The summed E-state index contributed by atoms with van der Waals surface area (Å²) in [5.74, 6) is -0.341. The second-order valence-corrected chi connectivity index (χ2v) is 5.10. The number of ether oxygens (including phenoxy) is 1. The first-order valence-corrected chi connectivity index (χ1v) is 7.11. The molecule has 0 saturated heterocycles. The number of nitrogens with one attached hydrogen (secondary N) is 1. The molecule has 0 radical (unpaired) electrons. The summed E-state index contributed by atoms with van der Waals surface area (Å²) in [4.78, 5) is 12.0. The van der Waals surface area contributed by atoms with Crippen molar-refractivity contribution in [3.63, 3.8) is 0 Å². The number of aromatic hydroxyl groups is 1. The van der Waals surface area contributed by atoms with E-state index in [1.54, 1.807) is 12.1 Å². The molecule has 132 valence electrons. The molecule has 0 bridgehead atoms. The van der Waals surface area contributed by atoms with Gasteiger partial charge in [0.2, 0.25) is 0 Å². The number of hydrazone groups is 1. The first-order chi connectivity index (χ1) is 11.7. The van der Waals surface area contributed by atoms with Crippen LogP contribution in [0, 0.1) is 0 Å². The number of halogens is 3. The Morgan fingerprint density at radius 1 is 1.16 bits per heavy atom. The fourth-order valence-electron chi connectivity index (χ4n) is 2.00. The average Bonchev–Trinajstić information content (AvgIpc) is 2.58. The standard InChI is InChI=1S/C17H15F3N2O3/c1-10(14-9-12(17(18,19)20)5-8-15(14)23)21-22-16(24)11-3-6-13(25-2)7-4-11/h3-9,23H,1-2H3,(H,22,24)/b21-10+. The van der Waals surface area contributed by atoms with Crippen molar-refractivity contribution in [2.75, 3.05) is 7.11 Å². The van der Waals surface area contributed by atoms with E-state index >= 15 is 0 Å². The highest BCUT2D eigenvalue weighted by Gasteiger charge is 2.31. The van der Waals surface area contributed by atoms with Crippen molar-refractivity contribution in [2.24, 2.45) is 5.10 Å². The molecule has 2 aromatic rings. The zero-order chi connectivity index (χ0) is 18.6. The van der Waals surface area contributed by atoms with Gasteiger partial charge in [-0.1, -0.05) is 0 Å². The molecule has 25 heavy (non-hydrogen) atoms. The summed E-state index contributed by atoms with van der Waals surface area (Å²) in [6.07, 6.45) is -4.55. The minimum Gasteiger partial charge on any atom is -0.507 e. The largest absolute Gasteiger partial charge is 0.507 e. The number of benzene rings is 2. The van der Waals surface area contributed by atoms with Crippen LogP contribution in [0.4, 0.5) is 13.2 Å². The Bertz CT molecular complexity index is 800. The molecule has 0 fully saturated rings. The molecule has 8 heteroatoms. The molecule has 0 aliphatic rings. The van der Waals surface area contributed by atoms with Gasteiger partial charge in [-0.3, -0.25) is 4.79 Å². The second kappa shape index (κ2) is 7.25. The minimum atomic E-state index is -4.55. The van der Waals surface area contributed by atoms with Gasteiger partial charge in [0.1, 0.15) is 11.5 Å². The molecule has 0 aromatic heterocycles. The summed E-state index contributed by atoms with van der Waals surface area (Å²) < 4.78 is 43.3. The third kappa shape index (κ3) is 4.50. The highest BCUT2D eigenvalue weighted by molar-refractivity contribution is 6.02. The van der Waals surface area contributed by atoms with Gasteiger partial charge in [-0.2, -0.15) is 18.3 Å². The lowest BCUT2D eigenvalue weighted by atomic mass is 10.1. The molecule has 2 rings (SSSR count). The summed E-state index contributed by atoms with van der Waals surface area (Å²) in [5, 5.41) is 13.5. The van der Waals surface area contributed by atoms with Gasteiger partial charge >= 0.3 is 6.18 Å². The normalized spacial score (nSPS) is 12.0. The predicted molar refractivity (Wildman–Crippen MR) is 85.8 cm³/mol. The van der Waals surface area contributed by atoms with Crippen molar-refractivity contribution in [2.45, 2.75) is 13.1 Å². The molecular weight excluding hydrogens is 337 g/mol. The number of phenolic OH excluding ortho intramolecular Hbond substituents is 1. The average molecular weight is 352 g/mol. The first-order valence-electron chi connectivity index (χ1n) is 7.11. The Kier molecular flexibility index (Phi) is 5.31. The van der Waals surface area contributed by atoms with Gasteiger partial charge in [0.25, 0.3) is 5.91 Å². The molecule has 0 unspecified atom stereocenters. The maximum atomic E-state index is 12.8. The van der Waals surface area contributed by atoms with Crippen LogP contribution in [0.2, 0.25) is 0 Å². The van der Waals surface area contributed by atoms with Gasteiger partial charge in [-0.05, 0) is 49.4 Å². The topological polar surface area (TPSA) is 70.9 Å². The van der Waals surface area contributed by atoms with E-state index < -0.39 is 17.6 Å². The third-order valence-corrected chi connectivity index (χ3v) is 3.39. The van der Waals surface area contributed by atoms with Gasteiger partial charge in [0, 0.05) is 11.1 Å². The van der Waals surface area contributed by atoms with Crippen LogP contribution in [0.1, 0.15) is 28.4 Å². The Balaban J connectivity index is 2.19. The molecule has 0 aliphatic carbocycles. The predicted octanol–water partition coefficient (Wildman–Crippen LogP) is 3.57. The van der Waals surface area contributed by atoms with Crippen LogP contribution in [-0.4, -0.2) is 23.8 Å². The second-order valence-electron chi connectivity index (χ2n) is 5.10. The molecule has 0 aliphatic heterocycles. The van der Waals surface area contributed by atoms with E-state index in [0.29, 0.717) is 11.3 Å². The monoisotopic (exact) mass is 352 g/mol. The molecule has 0 saturated carbocycles. The summed E-state index contributed by atoms with van der Waals surface area (Å²) >= 11 is 0. The number of nitrogens with zero attached hydrogens (tertiary/aromatic N) is 1. The lowest BCUT2D eigenvalue weighted by Crippen LogP contribution is -2.19. The maximum Gasteiger partial charge on any atom is 0.416 e. The molecule has 0 heterocycles. The zero-order valence-electron chi connectivity index (χ0n) is 13.4. The number of carbonyl (C=O) groups is 1. The van der Waals surface area contributed by atoms with E-state index in [1.807, 2.05) is 0 Å². The Morgan fingerprint density at radius 2 is 1.80 bits per heavy atom. The highest BCUT2D eigenvalue weighted by atomic mass is 19.4.